The highest BCUT2D eigenvalue weighted by atomic mass is 31.1. The summed E-state index contributed by atoms with van der Waals surface area (Å²) in [6.45, 7) is 5.83. The average molecular weight is 469 g/mol. The van der Waals surface area contributed by atoms with Gasteiger partial charge in [0.25, 0.3) is 0 Å². The monoisotopic (exact) mass is 468 g/mol. The van der Waals surface area contributed by atoms with Crippen LogP contribution in [0.15, 0.2) is 97.1 Å². The van der Waals surface area contributed by atoms with Crippen LogP contribution >= 0.6 is 8.58 Å². The molecule has 2 N–H and O–H groups in total. The van der Waals surface area contributed by atoms with Gasteiger partial charge in [-0.15, -0.1) is 0 Å². The van der Waals surface area contributed by atoms with Gasteiger partial charge in [-0.25, -0.2) is 0 Å². The maximum absolute atomic E-state index is 11.4. The molecule has 2 nitrogen and oxygen atoms in total. The molecule has 4 aromatic rings. The van der Waals surface area contributed by atoms with Crippen LogP contribution in [0.2, 0.25) is 0 Å². The minimum atomic E-state index is -0.904. The highest BCUT2D eigenvalue weighted by molar-refractivity contribution is 7.47. The molecule has 0 bridgehead atoms. The summed E-state index contributed by atoms with van der Waals surface area (Å²) in [5, 5.41) is 23.2. The van der Waals surface area contributed by atoms with Gasteiger partial charge in [-0.1, -0.05) is 113 Å². The molecule has 0 fully saturated rings. The van der Waals surface area contributed by atoms with Gasteiger partial charge in [0.05, 0.1) is 5.60 Å². The first-order chi connectivity index (χ1) is 16.3. The molecule has 0 amide bonds. The van der Waals surface area contributed by atoms with E-state index >= 15 is 0 Å². The summed E-state index contributed by atoms with van der Waals surface area (Å²) in [6.07, 6.45) is 1.52. The number of hydrogen-bond donors (Lipinski definition) is 2. The lowest BCUT2D eigenvalue weighted by Gasteiger charge is -2.24. The fourth-order valence-corrected chi connectivity index (χ4v) is 6.03. The molecule has 2 unspecified atom stereocenters. The highest BCUT2D eigenvalue weighted by Gasteiger charge is 2.22. The van der Waals surface area contributed by atoms with E-state index in [1.54, 1.807) is 0 Å². The van der Waals surface area contributed by atoms with E-state index in [0.29, 0.717) is 20.8 Å². The van der Waals surface area contributed by atoms with E-state index in [1.165, 1.54) is 16.7 Å². The van der Waals surface area contributed by atoms with Gasteiger partial charge in [-0.2, -0.15) is 0 Å². The van der Waals surface area contributed by atoms with Crippen LogP contribution in [0.1, 0.15) is 59.8 Å². The predicted octanol–water partition coefficient (Wildman–Crippen LogP) is 6.87. The molecular formula is C31H33O2P. The largest absolute Gasteiger partial charge is 0.507 e. The van der Waals surface area contributed by atoms with Gasteiger partial charge in [-0.05, 0) is 53.4 Å². The fourth-order valence-electron chi connectivity index (χ4n) is 4.46. The summed E-state index contributed by atoms with van der Waals surface area (Å²) in [5.41, 5.74) is 5.75. The third kappa shape index (κ3) is 5.95. The van der Waals surface area contributed by atoms with Gasteiger partial charge >= 0.3 is 0 Å². The molecule has 0 spiro atoms. The number of benzene rings is 4. The third-order valence-electron chi connectivity index (χ3n) is 6.19. The van der Waals surface area contributed by atoms with Crippen LogP contribution in [0.3, 0.4) is 0 Å². The Hall–Kier alpha value is -2.93. The fraction of sp³-hybridized carbons (Fsp3) is 0.226. The first-order valence-electron chi connectivity index (χ1n) is 11.8. The second-order valence-corrected chi connectivity index (χ2v) is 11.2. The van der Waals surface area contributed by atoms with Crippen LogP contribution in [0.5, 0.6) is 5.75 Å². The molecule has 34 heavy (non-hydrogen) atoms. The van der Waals surface area contributed by atoms with Crippen LogP contribution in [0, 0.1) is 0 Å². The molecule has 3 heteroatoms. The summed E-state index contributed by atoms with van der Waals surface area (Å²) in [7, 11) is 0.433. The van der Waals surface area contributed by atoms with E-state index in [9.17, 15) is 10.2 Å². The maximum Gasteiger partial charge on any atom is 0.122 e. The predicted molar refractivity (Wildman–Crippen MR) is 145 cm³/mol. The normalized spacial score (nSPS) is 12.8. The Morgan fingerprint density at radius 2 is 1.29 bits per heavy atom. The highest BCUT2D eigenvalue weighted by Crippen LogP contribution is 2.42. The Balaban J connectivity index is 1.72. The van der Waals surface area contributed by atoms with Gasteiger partial charge in [0, 0.05) is 17.6 Å². The molecule has 4 aromatic carbocycles. The van der Waals surface area contributed by atoms with Gasteiger partial charge < -0.3 is 10.2 Å². The number of aliphatic hydroxyl groups is 1. The lowest BCUT2D eigenvalue weighted by Crippen LogP contribution is -2.23. The lowest BCUT2D eigenvalue weighted by atomic mass is 9.94. The molecule has 4 rings (SSSR count). The van der Waals surface area contributed by atoms with Crippen molar-refractivity contribution in [2.24, 2.45) is 0 Å². The van der Waals surface area contributed by atoms with Crippen molar-refractivity contribution < 1.29 is 10.2 Å². The number of phenolic OH excluding ortho intramolecular Hbond substituents is 1. The molecule has 0 aliphatic heterocycles. The van der Waals surface area contributed by atoms with Crippen molar-refractivity contribution in [2.45, 2.75) is 44.9 Å². The Kier molecular flexibility index (Phi) is 7.51. The second-order valence-electron chi connectivity index (χ2n) is 9.49. The van der Waals surface area contributed by atoms with Crippen LogP contribution in [0.4, 0.5) is 0 Å². The van der Waals surface area contributed by atoms with Gasteiger partial charge in [0.2, 0.25) is 0 Å². The van der Waals surface area contributed by atoms with Crippen molar-refractivity contribution >= 4 is 13.9 Å². The van der Waals surface area contributed by atoms with E-state index in [4.69, 9.17) is 0 Å². The molecule has 0 heterocycles. The first kappa shape index (κ1) is 24.2. The van der Waals surface area contributed by atoms with E-state index < -0.39 is 5.60 Å². The van der Waals surface area contributed by atoms with Crippen LogP contribution in [-0.2, 0) is 18.4 Å². The summed E-state index contributed by atoms with van der Waals surface area (Å²) in [5.74, 6) is 0.390. The maximum atomic E-state index is 11.4. The summed E-state index contributed by atoms with van der Waals surface area (Å²) in [4.78, 5) is 0. The van der Waals surface area contributed by atoms with E-state index in [1.807, 2.05) is 56.3 Å². The Morgan fingerprint density at radius 3 is 1.91 bits per heavy atom. The van der Waals surface area contributed by atoms with E-state index in [0.717, 1.165) is 28.4 Å². The zero-order valence-electron chi connectivity index (χ0n) is 20.1. The van der Waals surface area contributed by atoms with Crippen molar-refractivity contribution in [3.8, 4) is 5.75 Å². The zero-order chi connectivity index (χ0) is 24.1. The Morgan fingerprint density at radius 1 is 0.735 bits per heavy atom. The second kappa shape index (κ2) is 10.6. The SMILES string of the molecule is CC(Pc1ccccc1C(C)(C)O)c1cc(Cc2ccccc2)cc(Cc2ccccc2)c1O. The Labute approximate surface area is 205 Å². The van der Waals surface area contributed by atoms with Gasteiger partial charge in [-0.3, -0.25) is 0 Å². The zero-order valence-corrected chi connectivity index (χ0v) is 21.1. The van der Waals surface area contributed by atoms with Crippen molar-refractivity contribution in [1.29, 1.82) is 0 Å². The van der Waals surface area contributed by atoms with Crippen molar-refractivity contribution in [2.75, 3.05) is 0 Å². The standard InChI is InChI=1S/C31H33O2P/c1-22(34-29-17-11-10-16-28(29)31(2,3)33)27-21-25(18-23-12-6-4-7-13-23)20-26(30(27)32)19-24-14-8-5-9-15-24/h4-17,20-22,32-34H,18-19H2,1-3H3. The number of rotatable bonds is 8. The number of phenols is 1. The molecule has 0 radical (unpaired) electrons. The van der Waals surface area contributed by atoms with Crippen molar-refractivity contribution in [3.63, 3.8) is 0 Å². The summed E-state index contributed by atoms with van der Waals surface area (Å²) >= 11 is 0. The average Bonchev–Trinajstić information content (AvgIpc) is 2.82. The van der Waals surface area contributed by atoms with E-state index in [2.05, 4.69) is 61.5 Å². The topological polar surface area (TPSA) is 40.5 Å². The quantitative estimate of drug-likeness (QED) is 0.277. The molecule has 0 aliphatic rings. The van der Waals surface area contributed by atoms with Crippen molar-refractivity contribution in [3.05, 3.63) is 130 Å². The number of aromatic hydroxyl groups is 1. The first-order valence-corrected chi connectivity index (χ1v) is 12.9. The minimum Gasteiger partial charge on any atom is -0.507 e. The molecule has 0 aliphatic carbocycles. The number of hydrogen-bond acceptors (Lipinski definition) is 2. The minimum absolute atomic E-state index is 0.119. The van der Waals surface area contributed by atoms with Gasteiger partial charge in [0.1, 0.15) is 5.75 Å². The van der Waals surface area contributed by atoms with Crippen molar-refractivity contribution in [1.82, 2.24) is 0 Å². The Bertz CT molecular complexity index is 1230. The molecule has 0 saturated heterocycles. The molecule has 0 saturated carbocycles. The smallest absolute Gasteiger partial charge is 0.122 e. The molecule has 174 valence electrons. The summed E-state index contributed by atoms with van der Waals surface area (Å²) < 4.78 is 0. The summed E-state index contributed by atoms with van der Waals surface area (Å²) in [6, 6.07) is 33.2. The van der Waals surface area contributed by atoms with Crippen LogP contribution < -0.4 is 5.30 Å². The van der Waals surface area contributed by atoms with Crippen LogP contribution in [0.25, 0.3) is 0 Å². The lowest BCUT2D eigenvalue weighted by molar-refractivity contribution is 0.0797. The molecule has 0 aromatic heterocycles. The molecule has 2 atom stereocenters. The van der Waals surface area contributed by atoms with E-state index in [-0.39, 0.29) is 5.66 Å². The molecular weight excluding hydrogens is 435 g/mol. The van der Waals surface area contributed by atoms with Gasteiger partial charge in [0.15, 0.2) is 0 Å². The van der Waals surface area contributed by atoms with Crippen LogP contribution in [-0.4, -0.2) is 10.2 Å². The third-order valence-corrected chi connectivity index (χ3v) is 7.68.